The van der Waals surface area contributed by atoms with E-state index >= 15 is 0 Å². The van der Waals surface area contributed by atoms with E-state index in [-0.39, 0.29) is 25.7 Å². The summed E-state index contributed by atoms with van der Waals surface area (Å²) in [5.41, 5.74) is 4.87. The number of carbonyl (C=O) groups excluding carboxylic acids is 2. The molecule has 0 aromatic carbocycles. The van der Waals surface area contributed by atoms with Crippen LogP contribution in [0.15, 0.2) is 0 Å². The van der Waals surface area contributed by atoms with Crippen LogP contribution in [0.3, 0.4) is 0 Å². The number of halogens is 3. The highest BCUT2D eigenvalue weighted by Gasteiger charge is 2.42. The Kier molecular flexibility index (Phi) is 5.56. The van der Waals surface area contributed by atoms with Crippen molar-refractivity contribution in [2.45, 2.75) is 44.3 Å². The maximum Gasteiger partial charge on any atom is 0.391 e. The molecule has 1 unspecified atom stereocenters. The Morgan fingerprint density at radius 1 is 1.19 bits per heavy atom. The maximum atomic E-state index is 12.5. The number of carboxylic acid groups (broad SMARTS) is 1. The van der Waals surface area contributed by atoms with Gasteiger partial charge in [0, 0.05) is 5.92 Å². The maximum absolute atomic E-state index is 12.5. The minimum atomic E-state index is -4.27. The van der Waals surface area contributed by atoms with E-state index in [4.69, 9.17) is 10.8 Å². The molecular formula is C12H17F3N2O4. The van der Waals surface area contributed by atoms with E-state index in [2.05, 4.69) is 5.32 Å². The first-order chi connectivity index (χ1) is 9.61. The van der Waals surface area contributed by atoms with E-state index in [1.54, 1.807) is 0 Å². The average molecular weight is 310 g/mol. The summed E-state index contributed by atoms with van der Waals surface area (Å²) in [6, 6.07) is -1.45. The van der Waals surface area contributed by atoms with E-state index in [1.165, 1.54) is 0 Å². The van der Waals surface area contributed by atoms with E-state index in [0.29, 0.717) is 0 Å². The van der Waals surface area contributed by atoms with Crippen LogP contribution in [0.4, 0.5) is 13.2 Å². The molecule has 0 spiro atoms. The molecule has 0 aromatic heterocycles. The summed E-state index contributed by atoms with van der Waals surface area (Å²) in [5, 5.41) is 11.0. The number of carboxylic acids is 1. The molecule has 21 heavy (non-hydrogen) atoms. The van der Waals surface area contributed by atoms with Gasteiger partial charge in [-0.2, -0.15) is 13.2 Å². The number of primary amides is 1. The molecule has 6 nitrogen and oxygen atoms in total. The van der Waals surface area contributed by atoms with Gasteiger partial charge in [0.05, 0.1) is 12.3 Å². The van der Waals surface area contributed by atoms with Gasteiger partial charge in [0.1, 0.15) is 6.04 Å². The van der Waals surface area contributed by atoms with Crippen molar-refractivity contribution < 1.29 is 32.7 Å². The van der Waals surface area contributed by atoms with Crippen LogP contribution in [0, 0.1) is 11.8 Å². The molecule has 9 heteroatoms. The zero-order chi connectivity index (χ0) is 16.2. The first kappa shape index (κ1) is 17.3. The number of nitrogens with two attached hydrogens (primary N) is 1. The lowest BCUT2D eigenvalue weighted by molar-refractivity contribution is -0.184. The van der Waals surface area contributed by atoms with E-state index in [1.807, 2.05) is 0 Å². The van der Waals surface area contributed by atoms with Gasteiger partial charge in [-0.05, 0) is 25.7 Å². The largest absolute Gasteiger partial charge is 0.480 e. The van der Waals surface area contributed by atoms with Crippen LogP contribution in [0.25, 0.3) is 0 Å². The minimum Gasteiger partial charge on any atom is -0.480 e. The lowest BCUT2D eigenvalue weighted by atomic mass is 9.81. The number of nitrogens with one attached hydrogen (secondary N) is 1. The smallest absolute Gasteiger partial charge is 0.391 e. The Hall–Kier alpha value is -1.80. The van der Waals surface area contributed by atoms with E-state index < -0.39 is 48.3 Å². The lowest BCUT2D eigenvalue weighted by Crippen LogP contribution is -2.46. The van der Waals surface area contributed by atoms with Gasteiger partial charge < -0.3 is 16.2 Å². The minimum absolute atomic E-state index is 0.0406. The first-order valence-electron chi connectivity index (χ1n) is 6.49. The Balaban J connectivity index is 2.53. The van der Waals surface area contributed by atoms with Gasteiger partial charge in [-0.3, -0.25) is 9.59 Å². The normalized spacial score (nSPS) is 24.1. The van der Waals surface area contributed by atoms with Gasteiger partial charge in [-0.25, -0.2) is 4.79 Å². The van der Waals surface area contributed by atoms with Gasteiger partial charge in [0.15, 0.2) is 0 Å². The van der Waals surface area contributed by atoms with Gasteiger partial charge in [-0.15, -0.1) is 0 Å². The van der Waals surface area contributed by atoms with Crippen molar-refractivity contribution in [2.24, 2.45) is 17.6 Å². The fourth-order valence-electron chi connectivity index (χ4n) is 2.37. The van der Waals surface area contributed by atoms with Crippen molar-refractivity contribution in [3.05, 3.63) is 0 Å². The summed E-state index contributed by atoms with van der Waals surface area (Å²) in [7, 11) is 0. The summed E-state index contributed by atoms with van der Waals surface area (Å²) in [6.45, 7) is 0. The third kappa shape index (κ3) is 5.24. The number of carbonyl (C=O) groups is 3. The highest BCUT2D eigenvalue weighted by Crippen LogP contribution is 2.39. The predicted molar refractivity (Wildman–Crippen MR) is 64.9 cm³/mol. The number of amides is 2. The van der Waals surface area contributed by atoms with Crippen LogP contribution in [0.5, 0.6) is 0 Å². The second kappa shape index (κ2) is 6.77. The highest BCUT2D eigenvalue weighted by molar-refractivity contribution is 5.88. The van der Waals surface area contributed by atoms with Gasteiger partial charge in [0.2, 0.25) is 11.8 Å². The zero-order valence-electron chi connectivity index (χ0n) is 11.2. The lowest BCUT2D eigenvalue weighted by Gasteiger charge is -2.29. The summed E-state index contributed by atoms with van der Waals surface area (Å²) in [5.74, 6) is -5.03. The summed E-state index contributed by atoms with van der Waals surface area (Å²) < 4.78 is 37.5. The van der Waals surface area contributed by atoms with Crippen molar-refractivity contribution in [1.29, 1.82) is 0 Å². The molecule has 1 rings (SSSR count). The van der Waals surface area contributed by atoms with Crippen molar-refractivity contribution in [3.8, 4) is 0 Å². The monoisotopic (exact) mass is 310 g/mol. The second-order valence-electron chi connectivity index (χ2n) is 5.16. The Morgan fingerprint density at radius 2 is 1.71 bits per heavy atom. The average Bonchev–Trinajstić information content (AvgIpc) is 2.36. The molecule has 0 aliphatic heterocycles. The van der Waals surface area contributed by atoms with Crippen molar-refractivity contribution in [2.75, 3.05) is 0 Å². The van der Waals surface area contributed by atoms with Crippen LogP contribution < -0.4 is 11.1 Å². The fraction of sp³-hybridized carbons (Fsp3) is 0.750. The topological polar surface area (TPSA) is 109 Å². The third-order valence-electron chi connectivity index (χ3n) is 3.58. The van der Waals surface area contributed by atoms with E-state index in [9.17, 15) is 27.6 Å². The summed E-state index contributed by atoms with van der Waals surface area (Å²) in [6.07, 6.45) is -5.06. The molecule has 1 aliphatic carbocycles. The number of alkyl halides is 3. The summed E-state index contributed by atoms with van der Waals surface area (Å²) in [4.78, 5) is 33.4. The van der Waals surface area contributed by atoms with Crippen molar-refractivity contribution >= 4 is 17.8 Å². The van der Waals surface area contributed by atoms with Gasteiger partial charge in [0.25, 0.3) is 0 Å². The summed E-state index contributed by atoms with van der Waals surface area (Å²) >= 11 is 0. The zero-order valence-corrected chi connectivity index (χ0v) is 11.2. The van der Waals surface area contributed by atoms with E-state index in [0.717, 1.165) is 0 Å². The Morgan fingerprint density at radius 3 is 2.10 bits per heavy atom. The molecule has 1 saturated carbocycles. The Bertz CT molecular complexity index is 417. The number of hydrogen-bond donors (Lipinski definition) is 3. The molecule has 0 saturated heterocycles. The number of aliphatic carboxylic acids is 1. The number of hydrogen-bond acceptors (Lipinski definition) is 3. The van der Waals surface area contributed by atoms with Crippen molar-refractivity contribution in [1.82, 2.24) is 5.32 Å². The predicted octanol–water partition coefficient (Wildman–Crippen LogP) is 0.800. The van der Waals surface area contributed by atoms with Crippen LogP contribution in [-0.2, 0) is 14.4 Å². The first-order valence-corrected chi connectivity index (χ1v) is 6.49. The fourth-order valence-corrected chi connectivity index (χ4v) is 2.37. The molecular weight excluding hydrogens is 293 g/mol. The second-order valence-corrected chi connectivity index (χ2v) is 5.16. The van der Waals surface area contributed by atoms with Gasteiger partial charge >= 0.3 is 12.1 Å². The van der Waals surface area contributed by atoms with Crippen LogP contribution in [0.1, 0.15) is 32.1 Å². The van der Waals surface area contributed by atoms with Crippen LogP contribution in [-0.4, -0.2) is 35.1 Å². The molecule has 1 aliphatic rings. The highest BCUT2D eigenvalue weighted by atomic mass is 19.4. The molecule has 0 bridgehead atoms. The van der Waals surface area contributed by atoms with Crippen LogP contribution >= 0.6 is 0 Å². The SMILES string of the molecule is NC(=O)CC(NC(=O)C1CCC(C(F)(F)F)CC1)C(=O)O. The molecule has 0 aromatic rings. The van der Waals surface area contributed by atoms with Crippen LogP contribution in [0.2, 0.25) is 0 Å². The quantitative estimate of drug-likeness (QED) is 0.697. The number of rotatable bonds is 5. The molecule has 120 valence electrons. The van der Waals surface area contributed by atoms with Crippen molar-refractivity contribution in [3.63, 3.8) is 0 Å². The standard InChI is InChI=1S/C12H17F3N2O4/c13-12(14,15)7-3-1-6(2-4-7)10(19)17-8(11(20)21)5-9(16)18/h6-8H,1-5H2,(H2,16,18)(H,17,19)(H,20,21). The third-order valence-corrected chi connectivity index (χ3v) is 3.58. The van der Waals surface area contributed by atoms with Gasteiger partial charge in [-0.1, -0.05) is 0 Å². The molecule has 1 atom stereocenters. The molecule has 0 heterocycles. The Labute approximate surface area is 118 Å². The molecule has 1 fully saturated rings. The molecule has 2 amide bonds. The molecule has 0 radical (unpaired) electrons. The molecule has 4 N–H and O–H groups in total.